The SMILES string of the molecule is C.CC(O)CO.CCC1O[C@H](OCc2cn(C)nn2)C(C)[C@@H](OC(C)=O)[C@@H]1OC(C)=O.CN=[N+]=[N-].Cn1cc(CNc2c(F)c(F)c(-c3c4nc(c(-c5cccc(O)c5)c5ccc([n-]5)c(-c5cccc(O)c5)c5nc(c(-c6cccc(O)c6)c6ccc3[n-]6)C=C5)C=C4)c(F)c2F)nn1.[Zn+2]. The van der Waals surface area contributed by atoms with Crippen molar-refractivity contribution in [3.63, 3.8) is 0 Å². The second kappa shape index (κ2) is 34.1. The predicted molar refractivity (Wildman–Crippen MR) is 357 cm³/mol. The largest absolute Gasteiger partial charge is 2.00 e. The number of esters is 2. The summed E-state index contributed by atoms with van der Waals surface area (Å²) >= 11 is 0. The average Bonchev–Trinajstić information content (AvgIpc) is 1.69. The number of hydrogen-bond donors (Lipinski definition) is 6. The van der Waals surface area contributed by atoms with Crippen molar-refractivity contribution in [2.75, 3.05) is 19.0 Å². The van der Waals surface area contributed by atoms with E-state index in [4.69, 9.17) is 54.6 Å². The Balaban J connectivity index is 0.000000318. The molecule has 8 heterocycles. The van der Waals surface area contributed by atoms with Gasteiger partial charge in [-0.15, -0.1) is 32.3 Å². The van der Waals surface area contributed by atoms with E-state index in [-0.39, 0.29) is 104 Å². The molecule has 5 aromatic heterocycles. The molecule has 3 unspecified atom stereocenters. The number of aromatic hydroxyl groups is 3. The molecule has 12 rings (SSSR count). The summed E-state index contributed by atoms with van der Waals surface area (Å²) in [6, 6.07) is 25.9. The van der Waals surface area contributed by atoms with Crippen LogP contribution >= 0.6 is 0 Å². The molecule has 25 nitrogen and oxygen atoms in total. The topological polar surface area (TPSA) is 348 Å². The van der Waals surface area contributed by atoms with Gasteiger partial charge in [0.1, 0.15) is 46.5 Å². The molecule has 0 saturated carbocycles. The maximum absolute atomic E-state index is 16.7. The molecule has 0 radical (unpaired) electrons. The summed E-state index contributed by atoms with van der Waals surface area (Å²) in [4.78, 5) is 45.1. The Morgan fingerprint density at radius 1 is 0.677 bits per heavy atom. The van der Waals surface area contributed by atoms with E-state index in [1.807, 2.05) is 19.9 Å². The number of hydrogen-bond acceptors (Lipinski definition) is 19. The number of fused-ring (bicyclic) bond motifs is 8. The smallest absolute Gasteiger partial charge is 0.657 e. The van der Waals surface area contributed by atoms with Crippen molar-refractivity contribution in [2.24, 2.45) is 25.1 Å². The second-order valence-corrected chi connectivity index (χ2v) is 22.2. The van der Waals surface area contributed by atoms with E-state index >= 15 is 17.6 Å². The number of phenolic OH excluding ortho intramolecular Hbond substituents is 3. The fraction of sp³-hybridized carbons (Fsp3) is 0.275. The van der Waals surface area contributed by atoms with Gasteiger partial charge in [-0.1, -0.05) is 97.5 Å². The molecule has 3 aliphatic heterocycles. The van der Waals surface area contributed by atoms with Gasteiger partial charge in [0.05, 0.1) is 60.4 Å². The number of aryl methyl sites for hydroxylation is 2. The van der Waals surface area contributed by atoms with Gasteiger partial charge in [0.15, 0.2) is 35.7 Å². The zero-order chi connectivity index (χ0) is 69.8. The number of aromatic nitrogens is 10. The molecule has 0 spiro atoms. The number of nitrogens with one attached hydrogen (secondary N) is 1. The Kier molecular flexibility index (Phi) is 26.1. The minimum absolute atomic E-state index is 0. The summed E-state index contributed by atoms with van der Waals surface area (Å²) in [5, 5.41) is 68.6. The maximum atomic E-state index is 16.7. The van der Waals surface area contributed by atoms with Crippen LogP contribution in [0.1, 0.15) is 82.6 Å². The van der Waals surface area contributed by atoms with Crippen LogP contribution in [0.4, 0.5) is 23.2 Å². The van der Waals surface area contributed by atoms with Gasteiger partial charge in [0, 0.05) is 52.0 Å². The summed E-state index contributed by atoms with van der Waals surface area (Å²) in [6.07, 6.45) is 7.40. The monoisotopic (exact) mass is 1410 g/mol. The van der Waals surface area contributed by atoms with E-state index in [2.05, 4.69) is 36.0 Å². The zero-order valence-electron chi connectivity index (χ0n) is 54.2. The van der Waals surface area contributed by atoms with Crippen molar-refractivity contribution in [1.82, 2.24) is 49.9 Å². The van der Waals surface area contributed by atoms with Gasteiger partial charge in [-0.05, 0) is 119 Å². The molecule has 6 atom stereocenters. The molecule has 8 bridgehead atoms. The molecule has 6 N–H and O–H groups in total. The molecule has 4 aromatic carbocycles. The van der Waals surface area contributed by atoms with E-state index in [9.17, 15) is 24.9 Å². The first-order valence-electron chi connectivity index (χ1n) is 30.1. The number of anilines is 1. The van der Waals surface area contributed by atoms with Gasteiger partial charge < -0.3 is 59.8 Å². The van der Waals surface area contributed by atoms with E-state index in [0.29, 0.717) is 67.9 Å². The van der Waals surface area contributed by atoms with Crippen LogP contribution in [-0.2, 0) is 75.3 Å². The number of aliphatic hydroxyl groups excluding tert-OH is 2. The number of aliphatic hydroxyl groups is 2. The normalized spacial score (nSPS) is 16.0. The molecule has 1 saturated heterocycles. The minimum atomic E-state index is -1.71. The first kappa shape index (κ1) is 75.8. The van der Waals surface area contributed by atoms with Gasteiger partial charge in [0.25, 0.3) is 0 Å². The number of rotatable bonds is 14. The predicted octanol–water partition coefficient (Wildman–Crippen LogP) is 11.9. The summed E-state index contributed by atoms with van der Waals surface area (Å²) in [5.74, 6) is -8.12. The van der Waals surface area contributed by atoms with E-state index in [1.165, 1.54) is 75.1 Å². The van der Waals surface area contributed by atoms with Crippen molar-refractivity contribution < 1.29 is 91.1 Å². The standard InChI is InChI=1S/C48H30F4N8O3.C16H25N3O6.C3H8O2.CH3N3.CH4.Zn/c1-60-23-27(58-59-60)22-53-48-46(51)44(49)43(45(50)47(48)52)42-37-17-15-35(56-37)40(25-6-3-9-29(62)20-25)33-13-11-31(54-33)39(24-5-2-8-28(61)19-24)32-12-14-34(55-32)41(36-16-18-38(42)57-36)26-7-4-10-30(63)21-26;1-6-13-15(24-11(4)21)14(23-10(3)20)9(2)16(25-13)22-8-12-7-19(5)18-17-12;1-3(5)2-4;1-3-4-2;;/h2-21,23H,22H2,1H3,(H4-2,53,54,55,56,57,58,59,61,62,63);7,9,13-16H,6,8H2,1-5H3;3-5H,2H2,1H3;1H3;1H4;/q-2;;;;;+2/t;9?,13?,14-,15-,16+;;;;/m.1..../s1. The van der Waals surface area contributed by atoms with Crippen LogP contribution in [0, 0.1) is 29.2 Å². The molecule has 9 aromatic rings. The third-order valence-corrected chi connectivity index (χ3v) is 15.0. The Bertz CT molecular complexity index is 4590. The number of halogens is 4. The number of nitrogens with zero attached hydrogens (tertiary/aromatic N) is 13. The maximum Gasteiger partial charge on any atom is 2.00 e. The van der Waals surface area contributed by atoms with Gasteiger partial charge >= 0.3 is 31.4 Å². The first-order valence-corrected chi connectivity index (χ1v) is 30.1. The van der Waals surface area contributed by atoms with E-state index in [1.54, 1.807) is 104 Å². The average molecular weight is 1410 g/mol. The molecular weight excluding hydrogens is 1340 g/mol. The summed E-state index contributed by atoms with van der Waals surface area (Å²) < 4.78 is 91.2. The Morgan fingerprint density at radius 3 is 1.43 bits per heavy atom. The molecule has 3 aliphatic rings. The van der Waals surface area contributed by atoms with Crippen molar-refractivity contribution >= 4 is 64.0 Å². The van der Waals surface area contributed by atoms with Crippen LogP contribution in [0.25, 0.3) is 101 Å². The Hall–Kier alpha value is -10.6. The van der Waals surface area contributed by atoms with Gasteiger partial charge in [-0.2, -0.15) is 0 Å². The molecule has 512 valence electrons. The first-order chi connectivity index (χ1) is 46.5. The number of benzene rings is 4. The number of carbonyl (C=O) groups excluding carboxylic acids is 2. The summed E-state index contributed by atoms with van der Waals surface area (Å²) in [7, 11) is 4.75. The van der Waals surface area contributed by atoms with Crippen molar-refractivity contribution in [3.8, 4) is 61.8 Å². The molecule has 30 heteroatoms. The fourth-order valence-corrected chi connectivity index (χ4v) is 10.8. The fourth-order valence-electron chi connectivity index (χ4n) is 10.8. The zero-order valence-corrected chi connectivity index (χ0v) is 57.2. The number of phenols is 3. The number of carbonyl (C=O) groups is 2. The molecule has 99 heavy (non-hydrogen) atoms. The van der Waals surface area contributed by atoms with Crippen LogP contribution in [0.15, 0.2) is 115 Å². The van der Waals surface area contributed by atoms with Gasteiger partial charge in [-0.25, -0.2) is 27.5 Å². The number of azide groups is 1. The summed E-state index contributed by atoms with van der Waals surface area (Å²) in [5.41, 5.74) is 10.7. The second-order valence-electron chi connectivity index (χ2n) is 22.2. The molecule has 0 amide bonds. The third-order valence-electron chi connectivity index (χ3n) is 15.0. The quantitative estimate of drug-likeness (QED) is 0.0112. The van der Waals surface area contributed by atoms with Crippen molar-refractivity contribution in [2.45, 2.75) is 92.3 Å². The van der Waals surface area contributed by atoms with Crippen LogP contribution in [-0.4, -0.2) is 122 Å². The number of ether oxygens (including phenoxy) is 4. The summed E-state index contributed by atoms with van der Waals surface area (Å²) in [6.45, 7) is 7.69. The van der Waals surface area contributed by atoms with Gasteiger partial charge in [0.2, 0.25) is 0 Å². The van der Waals surface area contributed by atoms with Crippen LogP contribution in [0.2, 0.25) is 0 Å². The molecular formula is C69H70F4N14O11Zn. The molecule has 0 aliphatic carbocycles. The Morgan fingerprint density at radius 2 is 1.07 bits per heavy atom. The Labute approximate surface area is 577 Å². The third kappa shape index (κ3) is 18.0. The van der Waals surface area contributed by atoms with Crippen molar-refractivity contribution in [1.29, 1.82) is 0 Å². The van der Waals surface area contributed by atoms with Crippen LogP contribution < -0.4 is 15.3 Å². The minimum Gasteiger partial charge on any atom is -0.657 e. The van der Waals surface area contributed by atoms with E-state index in [0.717, 1.165) is 0 Å². The van der Waals surface area contributed by atoms with Crippen LogP contribution in [0.5, 0.6) is 17.2 Å². The molecule has 1 fully saturated rings. The van der Waals surface area contributed by atoms with Crippen molar-refractivity contribution in [3.05, 3.63) is 177 Å². The van der Waals surface area contributed by atoms with Crippen LogP contribution in [0.3, 0.4) is 0 Å². The van der Waals surface area contributed by atoms with E-state index < -0.39 is 77.2 Å². The van der Waals surface area contributed by atoms with Gasteiger partial charge in [-0.3, -0.25) is 19.0 Å².